The van der Waals surface area contributed by atoms with Crippen molar-refractivity contribution in [3.8, 4) is 11.5 Å². The lowest BCUT2D eigenvalue weighted by Gasteiger charge is -2.44. The van der Waals surface area contributed by atoms with E-state index in [1.165, 1.54) is 0 Å². The molecule has 27 heavy (non-hydrogen) atoms. The molecule has 7 nitrogen and oxygen atoms in total. The summed E-state index contributed by atoms with van der Waals surface area (Å²) in [5, 5.41) is 0. The molecule has 1 aromatic rings. The summed E-state index contributed by atoms with van der Waals surface area (Å²) in [6, 6.07) is 5.40. The van der Waals surface area contributed by atoms with Crippen molar-refractivity contribution >= 4 is 15.7 Å². The summed E-state index contributed by atoms with van der Waals surface area (Å²) in [4.78, 5) is 16.7. The van der Waals surface area contributed by atoms with Crippen LogP contribution in [0.15, 0.2) is 18.2 Å². The van der Waals surface area contributed by atoms with Gasteiger partial charge in [-0.05, 0) is 30.5 Å². The maximum atomic E-state index is 12.6. The van der Waals surface area contributed by atoms with Crippen molar-refractivity contribution in [1.82, 2.24) is 9.80 Å². The highest BCUT2D eigenvalue weighted by molar-refractivity contribution is 7.91. The van der Waals surface area contributed by atoms with E-state index in [-0.39, 0.29) is 35.4 Å². The number of rotatable bonds is 5. The van der Waals surface area contributed by atoms with E-state index in [1.54, 1.807) is 14.2 Å². The number of methoxy groups -OCH3 is 2. The highest BCUT2D eigenvalue weighted by atomic mass is 32.2. The molecule has 2 aliphatic heterocycles. The van der Waals surface area contributed by atoms with Crippen LogP contribution in [0.3, 0.4) is 0 Å². The summed E-state index contributed by atoms with van der Waals surface area (Å²) < 4.78 is 35.3. The van der Waals surface area contributed by atoms with Gasteiger partial charge in [-0.15, -0.1) is 0 Å². The van der Waals surface area contributed by atoms with Gasteiger partial charge in [-0.2, -0.15) is 0 Å². The number of amides is 1. The topological polar surface area (TPSA) is 76.2 Å². The molecule has 0 aromatic heterocycles. The Morgan fingerprint density at radius 2 is 1.78 bits per heavy atom. The zero-order valence-electron chi connectivity index (χ0n) is 15.8. The molecule has 1 aliphatic carbocycles. The molecule has 1 aromatic carbocycles. The van der Waals surface area contributed by atoms with E-state index >= 15 is 0 Å². The smallest absolute Gasteiger partial charge is 0.226 e. The molecule has 4 rings (SSSR count). The van der Waals surface area contributed by atoms with Crippen molar-refractivity contribution in [3.05, 3.63) is 23.8 Å². The molecule has 1 amide bonds. The summed E-state index contributed by atoms with van der Waals surface area (Å²) >= 11 is 0. The van der Waals surface area contributed by atoms with Crippen molar-refractivity contribution in [2.45, 2.75) is 31.5 Å². The van der Waals surface area contributed by atoms with E-state index in [1.807, 2.05) is 23.1 Å². The Morgan fingerprint density at radius 1 is 1.07 bits per heavy atom. The van der Waals surface area contributed by atoms with Crippen LogP contribution in [0.25, 0.3) is 0 Å². The monoisotopic (exact) mass is 394 g/mol. The maximum absolute atomic E-state index is 12.6. The molecule has 2 heterocycles. The van der Waals surface area contributed by atoms with Crippen LogP contribution in [-0.4, -0.2) is 75.0 Å². The van der Waals surface area contributed by atoms with Gasteiger partial charge in [0.1, 0.15) is 0 Å². The normalized spacial score (nSPS) is 27.3. The first-order chi connectivity index (χ1) is 12.9. The second-order valence-electron chi connectivity index (χ2n) is 7.68. The molecule has 1 saturated carbocycles. The van der Waals surface area contributed by atoms with Gasteiger partial charge >= 0.3 is 0 Å². The van der Waals surface area contributed by atoms with E-state index < -0.39 is 9.84 Å². The molecule has 148 valence electrons. The van der Waals surface area contributed by atoms with Gasteiger partial charge in [-0.3, -0.25) is 9.69 Å². The van der Waals surface area contributed by atoms with Gasteiger partial charge in [0.15, 0.2) is 21.3 Å². The van der Waals surface area contributed by atoms with Gasteiger partial charge in [0.25, 0.3) is 0 Å². The predicted molar refractivity (Wildman–Crippen MR) is 101 cm³/mol. The van der Waals surface area contributed by atoms with Crippen molar-refractivity contribution in [1.29, 1.82) is 0 Å². The number of hydrogen-bond donors (Lipinski definition) is 0. The Hall–Kier alpha value is -1.80. The van der Waals surface area contributed by atoms with Crippen LogP contribution in [0.5, 0.6) is 11.5 Å². The number of carbonyl (C=O) groups is 1. The average molecular weight is 394 g/mol. The van der Waals surface area contributed by atoms with Crippen LogP contribution < -0.4 is 9.47 Å². The number of sulfone groups is 1. The molecule has 0 spiro atoms. The molecule has 0 N–H and O–H groups in total. The number of hydrogen-bond acceptors (Lipinski definition) is 6. The Labute approximate surface area is 160 Å². The van der Waals surface area contributed by atoms with Crippen molar-refractivity contribution in [3.63, 3.8) is 0 Å². The summed E-state index contributed by atoms with van der Waals surface area (Å²) in [5.41, 5.74) is 1.04. The zero-order chi connectivity index (χ0) is 19.2. The van der Waals surface area contributed by atoms with Crippen LogP contribution in [0, 0.1) is 5.92 Å². The molecule has 8 heteroatoms. The van der Waals surface area contributed by atoms with Gasteiger partial charge in [-0.25, -0.2) is 8.42 Å². The molecular weight excluding hydrogens is 368 g/mol. The van der Waals surface area contributed by atoms with E-state index in [4.69, 9.17) is 9.47 Å². The lowest BCUT2D eigenvalue weighted by Crippen LogP contribution is -2.60. The molecule has 0 unspecified atom stereocenters. The lowest BCUT2D eigenvalue weighted by atomic mass is 10.0. The fourth-order valence-corrected chi connectivity index (χ4v) is 6.28. The van der Waals surface area contributed by atoms with E-state index in [2.05, 4.69) is 4.90 Å². The zero-order valence-corrected chi connectivity index (χ0v) is 16.6. The number of fused-ring (bicyclic) bond motifs is 1. The number of benzene rings is 1. The van der Waals surface area contributed by atoms with E-state index in [9.17, 15) is 13.2 Å². The fourth-order valence-electron chi connectivity index (χ4n) is 4.27. The van der Waals surface area contributed by atoms with Gasteiger partial charge in [0.05, 0.1) is 31.8 Å². The number of nitrogens with zero attached hydrogens (tertiary/aromatic N) is 2. The Bertz CT molecular complexity index is 837. The minimum absolute atomic E-state index is 0.0819. The Balaban J connectivity index is 1.55. The SMILES string of the molecule is COc1ccc(CN2CCN(C(=O)C3CC3)[C@@H]3CS(=O)(=O)C[C@@H]32)cc1OC. The molecular formula is C19H26N2O5S. The van der Waals surface area contributed by atoms with Crippen LogP contribution in [0.1, 0.15) is 18.4 Å². The van der Waals surface area contributed by atoms with Crippen LogP contribution >= 0.6 is 0 Å². The maximum Gasteiger partial charge on any atom is 0.226 e. The van der Waals surface area contributed by atoms with Crippen LogP contribution in [0.4, 0.5) is 0 Å². The summed E-state index contributed by atoms with van der Waals surface area (Å²) in [7, 11) is 0.0700. The second kappa shape index (κ2) is 6.98. The third-order valence-electron chi connectivity index (χ3n) is 5.83. The molecule has 0 bridgehead atoms. The molecule has 3 aliphatic rings. The highest BCUT2D eigenvalue weighted by Gasteiger charge is 2.49. The average Bonchev–Trinajstić information content (AvgIpc) is 3.43. The first-order valence-corrected chi connectivity index (χ1v) is 11.2. The van der Waals surface area contributed by atoms with Gasteiger partial charge in [0.2, 0.25) is 5.91 Å². The summed E-state index contributed by atoms with van der Waals surface area (Å²) in [5.74, 6) is 1.80. The Morgan fingerprint density at radius 3 is 2.44 bits per heavy atom. The first kappa shape index (κ1) is 18.6. The van der Waals surface area contributed by atoms with Crippen molar-refractivity contribution in [2.24, 2.45) is 5.92 Å². The Kier molecular flexibility index (Phi) is 4.80. The quantitative estimate of drug-likeness (QED) is 0.739. The largest absolute Gasteiger partial charge is 0.493 e. The van der Waals surface area contributed by atoms with Crippen molar-refractivity contribution in [2.75, 3.05) is 38.8 Å². The fraction of sp³-hybridized carbons (Fsp3) is 0.632. The summed E-state index contributed by atoms with van der Waals surface area (Å²) in [6.07, 6.45) is 1.88. The first-order valence-electron chi connectivity index (χ1n) is 9.37. The second-order valence-corrected chi connectivity index (χ2v) is 9.83. The lowest BCUT2D eigenvalue weighted by molar-refractivity contribution is -0.138. The highest BCUT2D eigenvalue weighted by Crippen LogP contribution is 2.36. The van der Waals surface area contributed by atoms with Gasteiger partial charge < -0.3 is 14.4 Å². The van der Waals surface area contributed by atoms with E-state index in [0.717, 1.165) is 18.4 Å². The number of ether oxygens (including phenoxy) is 2. The molecule has 2 saturated heterocycles. The minimum atomic E-state index is -3.13. The molecule has 2 atom stereocenters. The third-order valence-corrected chi connectivity index (χ3v) is 7.53. The minimum Gasteiger partial charge on any atom is -0.493 e. The predicted octanol–water partition coefficient (Wildman–Crippen LogP) is 0.924. The van der Waals surface area contributed by atoms with Gasteiger partial charge in [0, 0.05) is 31.6 Å². The number of carbonyl (C=O) groups excluding carboxylic acids is 1. The standard InChI is InChI=1S/C19H26N2O5S/c1-25-17-6-3-13(9-18(17)26-2)10-20-7-8-21(19(22)14-4-5-14)16-12-27(23,24)11-15(16)20/h3,6,9,14-16H,4-5,7-8,10-12H2,1-2H3/t15-,16+/m0/s1. The third kappa shape index (κ3) is 3.65. The van der Waals surface area contributed by atoms with Gasteiger partial charge in [-0.1, -0.05) is 6.07 Å². The summed E-state index contributed by atoms with van der Waals surface area (Å²) in [6.45, 7) is 1.91. The van der Waals surface area contributed by atoms with Crippen LogP contribution in [-0.2, 0) is 21.2 Å². The molecule has 0 radical (unpaired) electrons. The molecule has 3 fully saturated rings. The number of piperazine rings is 1. The van der Waals surface area contributed by atoms with Crippen molar-refractivity contribution < 1.29 is 22.7 Å². The van der Waals surface area contributed by atoms with E-state index in [0.29, 0.717) is 31.1 Å². The van der Waals surface area contributed by atoms with Crippen LogP contribution in [0.2, 0.25) is 0 Å².